The minimum Gasteiger partial charge on any atom is -0.497 e. The van der Waals surface area contributed by atoms with Crippen LogP contribution in [0.3, 0.4) is 0 Å². The van der Waals surface area contributed by atoms with E-state index in [1.807, 2.05) is 54.6 Å². The number of benzene rings is 3. The highest BCUT2D eigenvalue weighted by Crippen LogP contribution is 2.33. The Hall–Kier alpha value is -2.26. The fourth-order valence-electron chi connectivity index (χ4n) is 2.33. The Labute approximate surface area is 144 Å². The molecule has 0 amide bonds. The average molecular weight is 369 g/mol. The van der Waals surface area contributed by atoms with Crippen LogP contribution in [-0.2, 0) is 6.61 Å². The molecule has 3 aromatic carbocycles. The third-order valence-electron chi connectivity index (χ3n) is 3.59. The molecule has 0 radical (unpaired) electrons. The highest BCUT2D eigenvalue weighted by Gasteiger charge is 2.06. The molecule has 3 aromatic rings. The summed E-state index contributed by atoms with van der Waals surface area (Å²) >= 11 is 3.61. The van der Waals surface area contributed by atoms with E-state index >= 15 is 0 Å². The van der Waals surface area contributed by atoms with Gasteiger partial charge in [0.2, 0.25) is 0 Å². The van der Waals surface area contributed by atoms with Gasteiger partial charge in [-0.05, 0) is 47.0 Å². The molecule has 0 aliphatic rings. The zero-order valence-corrected chi connectivity index (χ0v) is 14.4. The summed E-state index contributed by atoms with van der Waals surface area (Å²) in [7, 11) is 1.67. The molecule has 0 atom stereocenters. The molecular weight excluding hydrogens is 352 g/mol. The first-order valence-corrected chi connectivity index (χ1v) is 8.16. The quantitative estimate of drug-likeness (QED) is 0.574. The van der Waals surface area contributed by atoms with Gasteiger partial charge in [-0.3, -0.25) is 0 Å². The molecule has 0 saturated carbocycles. The van der Waals surface area contributed by atoms with E-state index in [-0.39, 0.29) is 0 Å². The number of hydrogen-bond acceptors (Lipinski definition) is 2. The van der Waals surface area contributed by atoms with Crippen molar-refractivity contribution in [2.45, 2.75) is 6.61 Å². The summed E-state index contributed by atoms with van der Waals surface area (Å²) in [6.45, 7) is 0.560. The van der Waals surface area contributed by atoms with Crippen LogP contribution in [0.2, 0.25) is 0 Å². The third-order valence-corrected chi connectivity index (χ3v) is 4.28. The SMILES string of the molecule is COc1ccc(-c2cc(OCc3ccccc3)ccc2Br)cc1. The van der Waals surface area contributed by atoms with Gasteiger partial charge in [-0.2, -0.15) is 0 Å². The second-order valence-electron chi connectivity index (χ2n) is 5.14. The lowest BCUT2D eigenvalue weighted by atomic mass is 10.1. The van der Waals surface area contributed by atoms with Crippen molar-refractivity contribution < 1.29 is 9.47 Å². The van der Waals surface area contributed by atoms with Crippen molar-refractivity contribution in [1.82, 2.24) is 0 Å². The topological polar surface area (TPSA) is 18.5 Å². The molecule has 3 heteroatoms. The molecule has 0 spiro atoms. The highest BCUT2D eigenvalue weighted by molar-refractivity contribution is 9.10. The molecule has 0 bridgehead atoms. The molecule has 2 nitrogen and oxygen atoms in total. The van der Waals surface area contributed by atoms with Crippen LogP contribution in [0.4, 0.5) is 0 Å². The van der Waals surface area contributed by atoms with E-state index in [1.165, 1.54) is 0 Å². The van der Waals surface area contributed by atoms with E-state index in [0.29, 0.717) is 6.61 Å². The Morgan fingerprint density at radius 2 is 1.52 bits per heavy atom. The molecule has 0 aromatic heterocycles. The van der Waals surface area contributed by atoms with Crippen molar-refractivity contribution in [3.05, 3.63) is 82.8 Å². The molecule has 23 heavy (non-hydrogen) atoms. The molecule has 0 fully saturated rings. The second kappa shape index (κ2) is 7.34. The van der Waals surface area contributed by atoms with E-state index in [9.17, 15) is 0 Å². The smallest absolute Gasteiger partial charge is 0.120 e. The van der Waals surface area contributed by atoms with Gasteiger partial charge in [0.1, 0.15) is 18.1 Å². The van der Waals surface area contributed by atoms with Gasteiger partial charge in [0.05, 0.1) is 7.11 Å². The predicted molar refractivity (Wildman–Crippen MR) is 96.9 cm³/mol. The van der Waals surface area contributed by atoms with E-state index in [1.54, 1.807) is 7.11 Å². The van der Waals surface area contributed by atoms with Gasteiger partial charge in [-0.1, -0.05) is 58.4 Å². The minimum absolute atomic E-state index is 0.560. The van der Waals surface area contributed by atoms with Crippen LogP contribution in [0.1, 0.15) is 5.56 Å². The van der Waals surface area contributed by atoms with E-state index in [0.717, 1.165) is 32.7 Å². The summed E-state index contributed by atoms with van der Waals surface area (Å²) in [6, 6.07) is 24.2. The van der Waals surface area contributed by atoms with Gasteiger partial charge in [-0.25, -0.2) is 0 Å². The Morgan fingerprint density at radius 1 is 0.826 bits per heavy atom. The van der Waals surface area contributed by atoms with Crippen LogP contribution in [0.15, 0.2) is 77.3 Å². The van der Waals surface area contributed by atoms with E-state index in [2.05, 4.69) is 34.1 Å². The summed E-state index contributed by atoms with van der Waals surface area (Å²) < 4.78 is 12.2. The molecule has 0 aliphatic heterocycles. The van der Waals surface area contributed by atoms with Gasteiger partial charge >= 0.3 is 0 Å². The Morgan fingerprint density at radius 3 is 2.22 bits per heavy atom. The first-order chi connectivity index (χ1) is 11.3. The zero-order valence-electron chi connectivity index (χ0n) is 12.8. The number of methoxy groups -OCH3 is 1. The summed E-state index contributed by atoms with van der Waals surface area (Å²) in [6.07, 6.45) is 0. The number of hydrogen-bond donors (Lipinski definition) is 0. The second-order valence-corrected chi connectivity index (χ2v) is 6.00. The van der Waals surface area contributed by atoms with Crippen LogP contribution in [0, 0.1) is 0 Å². The third kappa shape index (κ3) is 3.93. The molecule has 0 heterocycles. The maximum absolute atomic E-state index is 5.91. The first-order valence-electron chi connectivity index (χ1n) is 7.37. The fraction of sp³-hybridized carbons (Fsp3) is 0.100. The monoisotopic (exact) mass is 368 g/mol. The molecule has 0 saturated heterocycles. The predicted octanol–water partition coefficient (Wildman–Crippen LogP) is 5.70. The number of rotatable bonds is 5. The van der Waals surface area contributed by atoms with Crippen molar-refractivity contribution in [2.75, 3.05) is 7.11 Å². The number of halogens is 1. The maximum atomic E-state index is 5.91. The lowest BCUT2D eigenvalue weighted by Gasteiger charge is -2.11. The molecule has 116 valence electrons. The fourth-order valence-corrected chi connectivity index (χ4v) is 2.80. The van der Waals surface area contributed by atoms with E-state index < -0.39 is 0 Å². The average Bonchev–Trinajstić information content (AvgIpc) is 2.62. The standard InChI is InChI=1S/C20H17BrO2/c1-22-17-9-7-16(8-10-17)19-13-18(11-12-20(19)21)23-14-15-5-3-2-4-6-15/h2-13H,14H2,1H3. The lowest BCUT2D eigenvalue weighted by Crippen LogP contribution is -1.95. The minimum atomic E-state index is 0.560. The summed E-state index contributed by atoms with van der Waals surface area (Å²) in [4.78, 5) is 0. The molecule has 3 rings (SSSR count). The van der Waals surface area contributed by atoms with Crippen molar-refractivity contribution in [2.24, 2.45) is 0 Å². The zero-order chi connectivity index (χ0) is 16.1. The first kappa shape index (κ1) is 15.6. The summed E-state index contributed by atoms with van der Waals surface area (Å²) in [5.74, 6) is 1.70. The Balaban J connectivity index is 1.81. The molecular formula is C20H17BrO2. The molecule has 0 unspecified atom stereocenters. The van der Waals surface area contributed by atoms with Crippen LogP contribution in [0.5, 0.6) is 11.5 Å². The van der Waals surface area contributed by atoms with Gasteiger partial charge in [0.15, 0.2) is 0 Å². The summed E-state index contributed by atoms with van der Waals surface area (Å²) in [5, 5.41) is 0. The van der Waals surface area contributed by atoms with Crippen molar-refractivity contribution in [3.8, 4) is 22.6 Å². The van der Waals surface area contributed by atoms with Gasteiger partial charge < -0.3 is 9.47 Å². The largest absolute Gasteiger partial charge is 0.497 e. The van der Waals surface area contributed by atoms with Crippen LogP contribution >= 0.6 is 15.9 Å². The van der Waals surface area contributed by atoms with Crippen molar-refractivity contribution in [1.29, 1.82) is 0 Å². The lowest BCUT2D eigenvalue weighted by molar-refractivity contribution is 0.306. The van der Waals surface area contributed by atoms with Crippen molar-refractivity contribution in [3.63, 3.8) is 0 Å². The summed E-state index contributed by atoms with van der Waals surface area (Å²) in [5.41, 5.74) is 3.36. The normalized spacial score (nSPS) is 10.3. The highest BCUT2D eigenvalue weighted by atomic mass is 79.9. The molecule has 0 aliphatic carbocycles. The Kier molecular flexibility index (Phi) is 4.99. The van der Waals surface area contributed by atoms with Crippen LogP contribution in [-0.4, -0.2) is 7.11 Å². The van der Waals surface area contributed by atoms with Gasteiger partial charge in [0, 0.05) is 4.47 Å². The molecule has 0 N–H and O–H groups in total. The van der Waals surface area contributed by atoms with E-state index in [4.69, 9.17) is 9.47 Å². The van der Waals surface area contributed by atoms with Crippen molar-refractivity contribution >= 4 is 15.9 Å². The van der Waals surface area contributed by atoms with Crippen LogP contribution < -0.4 is 9.47 Å². The number of ether oxygens (including phenoxy) is 2. The van der Waals surface area contributed by atoms with Crippen LogP contribution in [0.25, 0.3) is 11.1 Å². The Bertz CT molecular complexity index is 767. The van der Waals surface area contributed by atoms with Gasteiger partial charge in [0.25, 0.3) is 0 Å². The maximum Gasteiger partial charge on any atom is 0.120 e. The van der Waals surface area contributed by atoms with Gasteiger partial charge in [-0.15, -0.1) is 0 Å².